The standard InChI is InChI=1S/C17H15N5S/c18-10-14-7-8-16(22-21-14)19-11-15-12-23-17(20-15)9-6-13-4-2-1-3-5-13/h1-5,7-8,12H,6,9,11H2,(H,19,22). The Balaban J connectivity index is 1.51. The first-order chi connectivity index (χ1) is 11.3. The smallest absolute Gasteiger partial charge is 0.163 e. The number of nitrogens with zero attached hydrogens (tertiary/aromatic N) is 4. The molecule has 0 spiro atoms. The summed E-state index contributed by atoms with van der Waals surface area (Å²) in [6.45, 7) is 0.600. The minimum atomic E-state index is 0.312. The Morgan fingerprint density at radius 2 is 1.91 bits per heavy atom. The lowest BCUT2D eigenvalue weighted by molar-refractivity contribution is 0.918. The minimum Gasteiger partial charge on any atom is -0.363 e. The number of nitriles is 1. The molecule has 1 aromatic carbocycles. The van der Waals surface area contributed by atoms with E-state index in [2.05, 4.69) is 50.1 Å². The van der Waals surface area contributed by atoms with E-state index in [1.807, 2.05) is 12.1 Å². The highest BCUT2D eigenvalue weighted by Crippen LogP contribution is 2.14. The monoisotopic (exact) mass is 321 g/mol. The molecule has 0 unspecified atom stereocenters. The normalized spacial score (nSPS) is 10.2. The highest BCUT2D eigenvalue weighted by atomic mass is 32.1. The van der Waals surface area contributed by atoms with Gasteiger partial charge in [0, 0.05) is 11.8 Å². The topological polar surface area (TPSA) is 74.5 Å². The molecule has 5 nitrogen and oxygen atoms in total. The van der Waals surface area contributed by atoms with Gasteiger partial charge in [0.05, 0.1) is 17.2 Å². The average Bonchev–Trinajstić information content (AvgIpc) is 3.07. The maximum absolute atomic E-state index is 8.69. The lowest BCUT2D eigenvalue weighted by Crippen LogP contribution is -2.03. The second-order valence-corrected chi connectivity index (χ2v) is 5.93. The lowest BCUT2D eigenvalue weighted by atomic mass is 10.1. The molecule has 0 saturated heterocycles. The first-order valence-corrected chi connectivity index (χ1v) is 8.16. The molecule has 0 fully saturated rings. The van der Waals surface area contributed by atoms with Crippen molar-refractivity contribution in [2.75, 3.05) is 5.32 Å². The number of anilines is 1. The van der Waals surface area contributed by atoms with Crippen molar-refractivity contribution in [3.8, 4) is 6.07 Å². The third-order valence-electron chi connectivity index (χ3n) is 3.30. The quantitative estimate of drug-likeness (QED) is 0.754. The zero-order valence-electron chi connectivity index (χ0n) is 12.4. The average molecular weight is 321 g/mol. The summed E-state index contributed by atoms with van der Waals surface area (Å²) < 4.78 is 0. The Kier molecular flexibility index (Phi) is 4.92. The number of aromatic nitrogens is 3. The summed E-state index contributed by atoms with van der Waals surface area (Å²) in [5.41, 5.74) is 2.63. The molecule has 114 valence electrons. The number of thiazole rings is 1. The largest absolute Gasteiger partial charge is 0.363 e. The van der Waals surface area contributed by atoms with Crippen LogP contribution in [0, 0.1) is 11.3 Å². The van der Waals surface area contributed by atoms with E-state index in [4.69, 9.17) is 5.26 Å². The van der Waals surface area contributed by atoms with Gasteiger partial charge >= 0.3 is 0 Å². The van der Waals surface area contributed by atoms with Crippen LogP contribution in [0.4, 0.5) is 5.82 Å². The predicted molar refractivity (Wildman–Crippen MR) is 90.0 cm³/mol. The molecule has 2 heterocycles. The highest BCUT2D eigenvalue weighted by molar-refractivity contribution is 7.09. The molecule has 3 rings (SSSR count). The Morgan fingerprint density at radius 3 is 2.65 bits per heavy atom. The fraction of sp³-hybridized carbons (Fsp3) is 0.176. The van der Waals surface area contributed by atoms with E-state index >= 15 is 0 Å². The van der Waals surface area contributed by atoms with Gasteiger partial charge in [0.2, 0.25) is 0 Å². The lowest BCUT2D eigenvalue weighted by Gasteiger charge is -2.02. The molecule has 1 N–H and O–H groups in total. The molecule has 0 aliphatic carbocycles. The Bertz CT molecular complexity index is 790. The first kappa shape index (κ1) is 15.1. The van der Waals surface area contributed by atoms with Gasteiger partial charge in [0.1, 0.15) is 11.9 Å². The van der Waals surface area contributed by atoms with Crippen molar-refractivity contribution in [2.24, 2.45) is 0 Å². The summed E-state index contributed by atoms with van der Waals surface area (Å²) in [5.74, 6) is 0.642. The number of aryl methyl sites for hydroxylation is 2. The number of benzene rings is 1. The van der Waals surface area contributed by atoms with Crippen LogP contribution in [0.25, 0.3) is 0 Å². The molecule has 23 heavy (non-hydrogen) atoms. The van der Waals surface area contributed by atoms with Gasteiger partial charge in [-0.25, -0.2) is 4.98 Å². The molecule has 0 aliphatic heterocycles. The molecule has 0 bridgehead atoms. The molecule has 0 radical (unpaired) electrons. The second kappa shape index (κ2) is 7.47. The summed E-state index contributed by atoms with van der Waals surface area (Å²) in [4.78, 5) is 4.63. The van der Waals surface area contributed by atoms with E-state index in [1.165, 1.54) is 5.56 Å². The third kappa shape index (κ3) is 4.34. The van der Waals surface area contributed by atoms with Crippen LogP contribution in [0.1, 0.15) is 22.0 Å². The van der Waals surface area contributed by atoms with Crippen molar-refractivity contribution in [1.29, 1.82) is 5.26 Å². The first-order valence-electron chi connectivity index (χ1n) is 7.28. The van der Waals surface area contributed by atoms with Gasteiger partial charge in [-0.3, -0.25) is 0 Å². The zero-order chi connectivity index (χ0) is 15.9. The van der Waals surface area contributed by atoms with E-state index in [1.54, 1.807) is 23.5 Å². The van der Waals surface area contributed by atoms with Gasteiger partial charge in [-0.2, -0.15) is 5.26 Å². The number of hydrogen-bond donors (Lipinski definition) is 1. The fourth-order valence-corrected chi connectivity index (χ4v) is 2.91. The molecular weight excluding hydrogens is 306 g/mol. The molecule has 0 aliphatic rings. The summed E-state index contributed by atoms with van der Waals surface area (Å²) in [6.07, 6.45) is 1.95. The number of hydrogen-bond acceptors (Lipinski definition) is 6. The third-order valence-corrected chi connectivity index (χ3v) is 4.26. The van der Waals surface area contributed by atoms with Gasteiger partial charge in [0.25, 0.3) is 0 Å². The van der Waals surface area contributed by atoms with E-state index < -0.39 is 0 Å². The summed E-state index contributed by atoms with van der Waals surface area (Å²) in [7, 11) is 0. The van der Waals surface area contributed by atoms with E-state index in [0.29, 0.717) is 18.1 Å². The van der Waals surface area contributed by atoms with E-state index in [9.17, 15) is 0 Å². The van der Waals surface area contributed by atoms with Crippen molar-refractivity contribution in [3.05, 3.63) is 69.8 Å². The number of rotatable bonds is 6. The van der Waals surface area contributed by atoms with E-state index in [0.717, 1.165) is 23.5 Å². The SMILES string of the molecule is N#Cc1ccc(NCc2csc(CCc3ccccc3)n2)nn1. The van der Waals surface area contributed by atoms with Crippen molar-refractivity contribution in [2.45, 2.75) is 19.4 Å². The Morgan fingerprint density at radius 1 is 1.04 bits per heavy atom. The molecule has 2 aromatic heterocycles. The van der Waals surface area contributed by atoms with Gasteiger partial charge in [0.15, 0.2) is 5.69 Å². The van der Waals surface area contributed by atoms with Gasteiger partial charge in [-0.15, -0.1) is 21.5 Å². The molecule has 0 amide bonds. The molecule has 6 heteroatoms. The predicted octanol–water partition coefficient (Wildman–Crippen LogP) is 3.20. The second-order valence-electron chi connectivity index (χ2n) is 4.99. The molecular formula is C17H15N5S. The maximum Gasteiger partial charge on any atom is 0.163 e. The maximum atomic E-state index is 8.69. The van der Waals surface area contributed by atoms with Crippen molar-refractivity contribution >= 4 is 17.2 Å². The Labute approximate surface area is 138 Å². The summed E-state index contributed by atoms with van der Waals surface area (Å²) in [6, 6.07) is 15.8. The van der Waals surface area contributed by atoms with Crippen LogP contribution in [-0.2, 0) is 19.4 Å². The van der Waals surface area contributed by atoms with Gasteiger partial charge in [-0.05, 0) is 24.1 Å². The molecule has 3 aromatic rings. The molecule has 0 atom stereocenters. The van der Waals surface area contributed by atoms with Crippen LogP contribution in [0.15, 0.2) is 47.8 Å². The number of nitrogens with one attached hydrogen (secondary N) is 1. The summed E-state index contributed by atoms with van der Waals surface area (Å²) in [5, 5.41) is 22.8. The van der Waals surface area contributed by atoms with Crippen molar-refractivity contribution in [3.63, 3.8) is 0 Å². The highest BCUT2D eigenvalue weighted by Gasteiger charge is 2.04. The van der Waals surface area contributed by atoms with Crippen LogP contribution >= 0.6 is 11.3 Å². The summed E-state index contributed by atoms with van der Waals surface area (Å²) >= 11 is 1.68. The minimum absolute atomic E-state index is 0.312. The van der Waals surface area contributed by atoms with E-state index in [-0.39, 0.29) is 0 Å². The fourth-order valence-electron chi connectivity index (χ4n) is 2.11. The zero-order valence-corrected chi connectivity index (χ0v) is 13.3. The van der Waals surface area contributed by atoms with Crippen LogP contribution < -0.4 is 5.32 Å². The van der Waals surface area contributed by atoms with Crippen LogP contribution in [0.5, 0.6) is 0 Å². The Hall–Kier alpha value is -2.78. The van der Waals surface area contributed by atoms with Gasteiger partial charge in [-0.1, -0.05) is 30.3 Å². The van der Waals surface area contributed by atoms with Gasteiger partial charge < -0.3 is 5.32 Å². The van der Waals surface area contributed by atoms with Crippen LogP contribution in [-0.4, -0.2) is 15.2 Å². The van der Waals surface area contributed by atoms with Crippen molar-refractivity contribution < 1.29 is 0 Å². The van der Waals surface area contributed by atoms with Crippen LogP contribution in [0.3, 0.4) is 0 Å². The van der Waals surface area contributed by atoms with Crippen molar-refractivity contribution in [1.82, 2.24) is 15.2 Å². The van der Waals surface area contributed by atoms with Crippen LogP contribution in [0.2, 0.25) is 0 Å². The molecule has 0 saturated carbocycles.